The first-order chi connectivity index (χ1) is 9.51. The Kier molecular flexibility index (Phi) is 6.68. The van der Waals surface area contributed by atoms with E-state index in [0.29, 0.717) is 18.8 Å². The molecular formula is C14H20N2O3S. The molecule has 0 radical (unpaired) electrons. The summed E-state index contributed by atoms with van der Waals surface area (Å²) < 4.78 is 32.1. The Hall–Kier alpha value is -1.39. The first-order valence-electron chi connectivity index (χ1n) is 6.38. The third-order valence-corrected chi connectivity index (χ3v) is 4.01. The summed E-state index contributed by atoms with van der Waals surface area (Å²) in [6.45, 7) is 5.05. The van der Waals surface area contributed by atoms with Gasteiger partial charge in [0.05, 0.1) is 18.0 Å². The highest BCUT2D eigenvalue weighted by molar-refractivity contribution is 7.89. The summed E-state index contributed by atoms with van der Waals surface area (Å²) in [6, 6.07) is 5.03. The summed E-state index contributed by atoms with van der Waals surface area (Å²) in [4.78, 5) is 0.167. The van der Waals surface area contributed by atoms with Gasteiger partial charge in [0.2, 0.25) is 10.0 Å². The van der Waals surface area contributed by atoms with E-state index in [1.165, 1.54) is 0 Å². The Bertz CT molecular complexity index is 601. The summed E-state index contributed by atoms with van der Waals surface area (Å²) >= 11 is 0. The Balaban J connectivity index is 2.99. The van der Waals surface area contributed by atoms with E-state index < -0.39 is 10.0 Å². The minimum Gasteiger partial charge on any atom is -0.380 e. The summed E-state index contributed by atoms with van der Waals surface area (Å²) in [5, 5.41) is 0. The monoisotopic (exact) mass is 296 g/mol. The van der Waals surface area contributed by atoms with Gasteiger partial charge in [0.1, 0.15) is 0 Å². The van der Waals surface area contributed by atoms with Crippen molar-refractivity contribution in [3.63, 3.8) is 0 Å². The maximum Gasteiger partial charge on any atom is 0.241 e. The van der Waals surface area contributed by atoms with Gasteiger partial charge in [-0.3, -0.25) is 0 Å². The SMILES string of the molecule is CCOCCNS(=O)(=O)c1ccc(C)cc1C#CCN. The Morgan fingerprint density at radius 3 is 2.80 bits per heavy atom. The molecule has 0 heterocycles. The number of sulfonamides is 1. The van der Waals surface area contributed by atoms with Gasteiger partial charge in [-0.25, -0.2) is 13.1 Å². The van der Waals surface area contributed by atoms with Crippen LogP contribution in [0.25, 0.3) is 0 Å². The van der Waals surface area contributed by atoms with Gasteiger partial charge in [-0.1, -0.05) is 17.9 Å². The lowest BCUT2D eigenvalue weighted by Crippen LogP contribution is -2.28. The van der Waals surface area contributed by atoms with Crippen LogP contribution in [0.5, 0.6) is 0 Å². The van der Waals surface area contributed by atoms with Gasteiger partial charge in [0, 0.05) is 18.7 Å². The molecule has 0 saturated heterocycles. The van der Waals surface area contributed by atoms with Crippen LogP contribution in [-0.2, 0) is 14.8 Å². The molecule has 0 aliphatic carbocycles. The molecular weight excluding hydrogens is 276 g/mol. The third kappa shape index (κ3) is 4.94. The van der Waals surface area contributed by atoms with Crippen molar-refractivity contribution in [2.45, 2.75) is 18.7 Å². The second kappa shape index (κ2) is 8.02. The number of rotatable bonds is 6. The third-order valence-electron chi connectivity index (χ3n) is 2.49. The number of hydrogen-bond acceptors (Lipinski definition) is 4. The van der Waals surface area contributed by atoms with Crippen LogP contribution in [0.1, 0.15) is 18.1 Å². The maximum absolute atomic E-state index is 12.2. The van der Waals surface area contributed by atoms with Crippen LogP contribution >= 0.6 is 0 Å². The van der Waals surface area contributed by atoms with Gasteiger partial charge in [-0.15, -0.1) is 0 Å². The first kappa shape index (κ1) is 16.7. The highest BCUT2D eigenvalue weighted by Gasteiger charge is 2.17. The van der Waals surface area contributed by atoms with E-state index in [1.807, 2.05) is 13.8 Å². The van der Waals surface area contributed by atoms with Crippen molar-refractivity contribution in [1.82, 2.24) is 4.72 Å². The molecule has 0 spiro atoms. The molecule has 0 fully saturated rings. The predicted octanol–water partition coefficient (Wildman–Crippen LogP) is 0.620. The first-order valence-corrected chi connectivity index (χ1v) is 7.86. The second-order valence-corrected chi connectivity index (χ2v) is 5.84. The Morgan fingerprint density at radius 2 is 2.15 bits per heavy atom. The topological polar surface area (TPSA) is 81.4 Å². The quantitative estimate of drug-likeness (QED) is 0.595. The summed E-state index contributed by atoms with van der Waals surface area (Å²) in [7, 11) is -3.59. The lowest BCUT2D eigenvalue weighted by Gasteiger charge is -2.09. The van der Waals surface area contributed by atoms with E-state index in [4.69, 9.17) is 10.5 Å². The fourth-order valence-electron chi connectivity index (χ4n) is 1.59. The highest BCUT2D eigenvalue weighted by Crippen LogP contribution is 2.16. The van der Waals surface area contributed by atoms with Crippen LogP contribution in [0.3, 0.4) is 0 Å². The molecule has 3 N–H and O–H groups in total. The van der Waals surface area contributed by atoms with Crippen molar-refractivity contribution in [2.75, 3.05) is 26.3 Å². The van der Waals surface area contributed by atoms with Crippen molar-refractivity contribution in [3.05, 3.63) is 29.3 Å². The maximum atomic E-state index is 12.2. The standard InChI is InChI=1S/C14H20N2O3S/c1-3-19-10-9-16-20(17,18)14-7-6-12(2)11-13(14)5-4-8-15/h6-7,11,16H,3,8-10,15H2,1-2H3. The van der Waals surface area contributed by atoms with Gasteiger partial charge in [-0.2, -0.15) is 0 Å². The largest absolute Gasteiger partial charge is 0.380 e. The smallest absolute Gasteiger partial charge is 0.241 e. The van der Waals surface area contributed by atoms with Crippen molar-refractivity contribution in [1.29, 1.82) is 0 Å². The zero-order valence-corrected chi connectivity index (χ0v) is 12.6. The van der Waals surface area contributed by atoms with E-state index in [9.17, 15) is 8.42 Å². The minimum absolute atomic E-state index is 0.167. The molecule has 0 atom stereocenters. The fraction of sp³-hybridized carbons (Fsp3) is 0.429. The summed E-state index contributed by atoms with van der Waals surface area (Å²) in [5.41, 5.74) is 6.73. The summed E-state index contributed by atoms with van der Waals surface area (Å²) in [6.07, 6.45) is 0. The number of aryl methyl sites for hydroxylation is 1. The number of benzene rings is 1. The summed E-state index contributed by atoms with van der Waals surface area (Å²) in [5.74, 6) is 5.48. The predicted molar refractivity (Wildman–Crippen MR) is 78.8 cm³/mol. The van der Waals surface area contributed by atoms with Crippen LogP contribution in [0.15, 0.2) is 23.1 Å². The van der Waals surface area contributed by atoms with Crippen molar-refractivity contribution in [3.8, 4) is 11.8 Å². The van der Waals surface area contributed by atoms with E-state index >= 15 is 0 Å². The molecule has 6 heteroatoms. The molecule has 1 aromatic rings. The molecule has 0 aliphatic rings. The lowest BCUT2D eigenvalue weighted by molar-refractivity contribution is 0.153. The van der Waals surface area contributed by atoms with E-state index in [-0.39, 0.29) is 18.0 Å². The number of nitrogens with two attached hydrogens (primary N) is 1. The van der Waals surface area contributed by atoms with Gasteiger partial charge in [0.15, 0.2) is 0 Å². The molecule has 5 nitrogen and oxygen atoms in total. The van der Waals surface area contributed by atoms with E-state index in [2.05, 4.69) is 16.6 Å². The van der Waals surface area contributed by atoms with Crippen LogP contribution in [0, 0.1) is 18.8 Å². The van der Waals surface area contributed by atoms with Gasteiger partial charge in [0.25, 0.3) is 0 Å². The van der Waals surface area contributed by atoms with Gasteiger partial charge >= 0.3 is 0 Å². The molecule has 1 aromatic carbocycles. The molecule has 0 unspecified atom stereocenters. The van der Waals surface area contributed by atoms with Crippen molar-refractivity contribution >= 4 is 10.0 Å². The normalized spacial score (nSPS) is 10.9. The zero-order chi connectivity index (χ0) is 15.0. The molecule has 0 aliphatic heterocycles. The zero-order valence-electron chi connectivity index (χ0n) is 11.8. The van der Waals surface area contributed by atoms with Crippen LogP contribution in [0.2, 0.25) is 0 Å². The van der Waals surface area contributed by atoms with E-state index in [0.717, 1.165) is 5.56 Å². The molecule has 0 bridgehead atoms. The van der Waals surface area contributed by atoms with Gasteiger partial charge in [-0.05, 0) is 31.5 Å². The lowest BCUT2D eigenvalue weighted by atomic mass is 10.1. The molecule has 0 amide bonds. The molecule has 0 aromatic heterocycles. The van der Waals surface area contributed by atoms with Crippen LogP contribution < -0.4 is 10.5 Å². The van der Waals surface area contributed by atoms with Crippen molar-refractivity contribution < 1.29 is 13.2 Å². The van der Waals surface area contributed by atoms with Crippen LogP contribution in [-0.4, -0.2) is 34.7 Å². The molecule has 110 valence electrons. The van der Waals surface area contributed by atoms with E-state index in [1.54, 1.807) is 18.2 Å². The Labute approximate surface area is 120 Å². The number of hydrogen-bond donors (Lipinski definition) is 2. The second-order valence-electron chi connectivity index (χ2n) is 4.10. The number of ether oxygens (including phenoxy) is 1. The molecule has 20 heavy (non-hydrogen) atoms. The number of nitrogens with one attached hydrogen (secondary N) is 1. The highest BCUT2D eigenvalue weighted by atomic mass is 32.2. The average molecular weight is 296 g/mol. The fourth-order valence-corrected chi connectivity index (χ4v) is 2.75. The minimum atomic E-state index is -3.59. The molecule has 0 saturated carbocycles. The molecule has 1 rings (SSSR count). The Morgan fingerprint density at radius 1 is 1.40 bits per heavy atom. The average Bonchev–Trinajstić information content (AvgIpc) is 2.41. The van der Waals surface area contributed by atoms with Crippen molar-refractivity contribution in [2.24, 2.45) is 5.73 Å². The van der Waals surface area contributed by atoms with Crippen LogP contribution in [0.4, 0.5) is 0 Å². The van der Waals surface area contributed by atoms with Gasteiger partial charge < -0.3 is 10.5 Å².